The van der Waals surface area contributed by atoms with Crippen molar-refractivity contribution in [1.82, 2.24) is 10.6 Å². The summed E-state index contributed by atoms with van der Waals surface area (Å²) in [5.41, 5.74) is 2.09. The van der Waals surface area contributed by atoms with Crippen LogP contribution >= 0.6 is 0 Å². The van der Waals surface area contributed by atoms with E-state index in [2.05, 4.69) is 10.6 Å². The van der Waals surface area contributed by atoms with Crippen LogP contribution in [0.4, 0.5) is 0 Å². The lowest BCUT2D eigenvalue weighted by Gasteiger charge is -2.10. The molecule has 2 aromatic rings. The number of nitrogens with one attached hydrogen (secondary N) is 2. The smallest absolute Gasteiger partial charge is 0.309 e. The van der Waals surface area contributed by atoms with Crippen LogP contribution in [0, 0.1) is 0 Å². The maximum Gasteiger partial charge on any atom is 0.309 e. The van der Waals surface area contributed by atoms with Gasteiger partial charge in [-0.15, -0.1) is 0 Å². The zero-order valence-corrected chi connectivity index (χ0v) is 15.1. The minimum Gasteiger partial charge on any atom is -0.493 e. The molecule has 0 aromatic heterocycles. The largest absolute Gasteiger partial charge is 0.493 e. The first-order valence-corrected chi connectivity index (χ1v) is 8.45. The van der Waals surface area contributed by atoms with Gasteiger partial charge in [0.15, 0.2) is 11.5 Å². The molecule has 0 unspecified atom stereocenters. The zero-order chi connectivity index (χ0) is 18.8. The first-order chi connectivity index (χ1) is 12.6. The third-order valence-corrected chi connectivity index (χ3v) is 3.90. The fourth-order valence-electron chi connectivity index (χ4n) is 2.48. The summed E-state index contributed by atoms with van der Waals surface area (Å²) in [5, 5.41) is 5.25. The highest BCUT2D eigenvalue weighted by Crippen LogP contribution is 2.27. The van der Waals surface area contributed by atoms with Crippen LogP contribution in [0.2, 0.25) is 0 Å². The molecule has 2 N–H and O–H groups in total. The van der Waals surface area contributed by atoms with Crippen molar-refractivity contribution in [2.45, 2.75) is 12.8 Å². The number of methoxy groups -OCH3 is 2. The molecule has 2 rings (SSSR count). The van der Waals surface area contributed by atoms with E-state index in [1.165, 1.54) is 0 Å². The minimum absolute atomic E-state index is 0.362. The number of amides is 2. The van der Waals surface area contributed by atoms with Gasteiger partial charge in [0.1, 0.15) is 0 Å². The molecular formula is C20H24N2O4. The Balaban J connectivity index is 1.71. The van der Waals surface area contributed by atoms with Gasteiger partial charge >= 0.3 is 11.8 Å². The summed E-state index contributed by atoms with van der Waals surface area (Å²) < 4.78 is 10.4. The molecule has 138 valence electrons. The molecule has 0 saturated carbocycles. The van der Waals surface area contributed by atoms with Crippen LogP contribution in [-0.4, -0.2) is 39.1 Å². The number of hydrogen-bond acceptors (Lipinski definition) is 4. The highest BCUT2D eigenvalue weighted by molar-refractivity contribution is 6.35. The Morgan fingerprint density at radius 3 is 1.92 bits per heavy atom. The first-order valence-electron chi connectivity index (χ1n) is 8.45. The van der Waals surface area contributed by atoms with E-state index in [9.17, 15) is 9.59 Å². The Hall–Kier alpha value is -3.02. The van der Waals surface area contributed by atoms with Crippen molar-refractivity contribution in [2.75, 3.05) is 27.3 Å². The summed E-state index contributed by atoms with van der Waals surface area (Å²) in [7, 11) is 3.15. The molecule has 0 heterocycles. The topological polar surface area (TPSA) is 76.7 Å². The van der Waals surface area contributed by atoms with Gasteiger partial charge in [0, 0.05) is 13.1 Å². The van der Waals surface area contributed by atoms with Crippen LogP contribution in [-0.2, 0) is 22.4 Å². The zero-order valence-electron chi connectivity index (χ0n) is 15.1. The molecule has 2 aromatic carbocycles. The maximum atomic E-state index is 11.8. The van der Waals surface area contributed by atoms with Gasteiger partial charge in [-0.25, -0.2) is 0 Å². The van der Waals surface area contributed by atoms with Gasteiger partial charge in [-0.3, -0.25) is 9.59 Å². The summed E-state index contributed by atoms with van der Waals surface area (Å²) in [6.45, 7) is 0.784. The fourth-order valence-corrected chi connectivity index (χ4v) is 2.48. The van der Waals surface area contributed by atoms with Crippen molar-refractivity contribution >= 4 is 11.8 Å². The lowest BCUT2D eigenvalue weighted by molar-refractivity contribution is -0.139. The van der Waals surface area contributed by atoms with E-state index in [4.69, 9.17) is 9.47 Å². The Bertz CT molecular complexity index is 732. The molecule has 0 atom stereocenters. The maximum absolute atomic E-state index is 11.8. The predicted molar refractivity (Wildman–Crippen MR) is 99.4 cm³/mol. The molecule has 0 radical (unpaired) electrons. The number of ether oxygens (including phenoxy) is 2. The van der Waals surface area contributed by atoms with Gasteiger partial charge in [0.25, 0.3) is 0 Å². The van der Waals surface area contributed by atoms with Crippen LogP contribution in [0.15, 0.2) is 48.5 Å². The van der Waals surface area contributed by atoms with Gasteiger partial charge in [0.2, 0.25) is 0 Å². The Kier molecular flexibility index (Phi) is 7.49. The van der Waals surface area contributed by atoms with E-state index in [1.807, 2.05) is 48.5 Å². The third-order valence-electron chi connectivity index (χ3n) is 3.90. The van der Waals surface area contributed by atoms with Crippen molar-refractivity contribution < 1.29 is 19.1 Å². The fraction of sp³-hybridized carbons (Fsp3) is 0.300. The van der Waals surface area contributed by atoms with Gasteiger partial charge in [0.05, 0.1) is 14.2 Å². The van der Waals surface area contributed by atoms with Crippen molar-refractivity contribution in [3.8, 4) is 11.5 Å². The van der Waals surface area contributed by atoms with E-state index >= 15 is 0 Å². The minimum atomic E-state index is -0.626. The highest BCUT2D eigenvalue weighted by atomic mass is 16.5. The number of carbonyl (C=O) groups is 2. The van der Waals surface area contributed by atoms with Crippen molar-refractivity contribution in [1.29, 1.82) is 0 Å². The van der Waals surface area contributed by atoms with E-state index in [1.54, 1.807) is 14.2 Å². The normalized spacial score (nSPS) is 10.1. The Morgan fingerprint density at radius 2 is 1.35 bits per heavy atom. The van der Waals surface area contributed by atoms with Gasteiger partial charge in [-0.05, 0) is 36.1 Å². The highest BCUT2D eigenvalue weighted by Gasteiger charge is 2.12. The van der Waals surface area contributed by atoms with Gasteiger partial charge in [-0.2, -0.15) is 0 Å². The average Bonchev–Trinajstić information content (AvgIpc) is 2.68. The molecule has 26 heavy (non-hydrogen) atoms. The second-order valence-electron chi connectivity index (χ2n) is 5.69. The molecule has 6 heteroatoms. The molecule has 2 amide bonds. The monoisotopic (exact) mass is 356 g/mol. The number of benzene rings is 2. The molecular weight excluding hydrogens is 332 g/mol. The quantitative estimate of drug-likeness (QED) is 0.706. The Morgan fingerprint density at radius 1 is 0.769 bits per heavy atom. The molecule has 0 saturated heterocycles. The van der Waals surface area contributed by atoms with Crippen molar-refractivity contribution in [3.05, 3.63) is 59.7 Å². The predicted octanol–water partition coefficient (Wildman–Crippen LogP) is 1.72. The van der Waals surface area contributed by atoms with Gasteiger partial charge < -0.3 is 20.1 Å². The number of rotatable bonds is 8. The van der Waals surface area contributed by atoms with E-state index in [0.717, 1.165) is 11.1 Å². The standard InChI is InChI=1S/C20H24N2O4/c1-25-17-9-8-16(14-18(17)26-2)11-13-22-20(24)19(23)21-12-10-15-6-4-3-5-7-15/h3-9,14H,10-13H2,1-2H3,(H,21,23)(H,22,24). The van der Waals surface area contributed by atoms with Gasteiger partial charge in [-0.1, -0.05) is 36.4 Å². The average molecular weight is 356 g/mol. The van der Waals surface area contributed by atoms with Crippen LogP contribution in [0.25, 0.3) is 0 Å². The molecule has 0 fully saturated rings. The summed E-state index contributed by atoms with van der Waals surface area (Å²) in [6, 6.07) is 15.3. The number of hydrogen-bond donors (Lipinski definition) is 2. The molecule has 6 nitrogen and oxygen atoms in total. The second kappa shape index (κ2) is 10.1. The SMILES string of the molecule is COc1ccc(CCNC(=O)C(=O)NCCc2ccccc2)cc1OC. The lowest BCUT2D eigenvalue weighted by atomic mass is 10.1. The van der Waals surface area contributed by atoms with Crippen LogP contribution in [0.5, 0.6) is 11.5 Å². The van der Waals surface area contributed by atoms with Crippen molar-refractivity contribution in [2.24, 2.45) is 0 Å². The molecule has 0 spiro atoms. The summed E-state index contributed by atoms with van der Waals surface area (Å²) in [6.07, 6.45) is 1.27. The van der Waals surface area contributed by atoms with E-state index in [-0.39, 0.29) is 0 Å². The summed E-state index contributed by atoms with van der Waals surface area (Å²) >= 11 is 0. The molecule has 0 aliphatic rings. The number of carbonyl (C=O) groups excluding carboxylic acids is 2. The first kappa shape index (κ1) is 19.3. The second-order valence-corrected chi connectivity index (χ2v) is 5.69. The van der Waals surface area contributed by atoms with Crippen LogP contribution in [0.3, 0.4) is 0 Å². The van der Waals surface area contributed by atoms with E-state index in [0.29, 0.717) is 37.4 Å². The van der Waals surface area contributed by atoms with E-state index < -0.39 is 11.8 Å². The molecule has 0 aliphatic heterocycles. The lowest BCUT2D eigenvalue weighted by Crippen LogP contribution is -2.41. The summed E-state index contributed by atoms with van der Waals surface area (Å²) in [4.78, 5) is 23.6. The van der Waals surface area contributed by atoms with Crippen molar-refractivity contribution in [3.63, 3.8) is 0 Å². The van der Waals surface area contributed by atoms with Crippen LogP contribution < -0.4 is 20.1 Å². The molecule has 0 aliphatic carbocycles. The Labute approximate surface area is 153 Å². The third kappa shape index (κ3) is 5.81. The molecule has 0 bridgehead atoms. The van der Waals surface area contributed by atoms with Crippen LogP contribution in [0.1, 0.15) is 11.1 Å². The summed E-state index contributed by atoms with van der Waals surface area (Å²) in [5.74, 6) is 0.0415.